The lowest BCUT2D eigenvalue weighted by Crippen LogP contribution is -2.34. The molecule has 6 heteroatoms. The number of aliphatic hydroxyl groups excluding tert-OH is 2. The maximum Gasteiger partial charge on any atom is 0.255 e. The van der Waals surface area contributed by atoms with Crippen molar-refractivity contribution in [1.29, 1.82) is 0 Å². The van der Waals surface area contributed by atoms with Crippen LogP contribution < -0.4 is 14.8 Å². The number of aliphatic hydroxyl groups is 2. The Morgan fingerprint density at radius 3 is 2.46 bits per heavy atom. The van der Waals surface area contributed by atoms with Crippen LogP contribution in [0.15, 0.2) is 18.2 Å². The van der Waals surface area contributed by atoms with Crippen LogP contribution in [0, 0.1) is 0 Å². The Kier molecular flexibility index (Phi) is 9.88. The lowest BCUT2D eigenvalue weighted by molar-refractivity contribution is 0.0799. The molecule has 1 rings (SSSR count). The summed E-state index contributed by atoms with van der Waals surface area (Å²) >= 11 is 0. The van der Waals surface area contributed by atoms with E-state index in [1.54, 1.807) is 18.2 Å². The van der Waals surface area contributed by atoms with Gasteiger partial charge in [-0.05, 0) is 31.0 Å². The Hall–Kier alpha value is -1.79. The normalized spacial score (nSPS) is 11.8. The lowest BCUT2D eigenvalue weighted by atomic mass is 10.1. The summed E-state index contributed by atoms with van der Waals surface area (Å²) in [6.45, 7) is 4.85. The monoisotopic (exact) mass is 339 g/mol. The van der Waals surface area contributed by atoms with E-state index in [0.29, 0.717) is 30.3 Å². The minimum Gasteiger partial charge on any atom is -0.494 e. The third kappa shape index (κ3) is 7.19. The van der Waals surface area contributed by atoms with Gasteiger partial charge >= 0.3 is 0 Å². The van der Waals surface area contributed by atoms with Gasteiger partial charge in [0, 0.05) is 6.54 Å². The molecular weight excluding hydrogens is 310 g/mol. The summed E-state index contributed by atoms with van der Waals surface area (Å²) < 4.78 is 11.3. The van der Waals surface area contributed by atoms with E-state index in [2.05, 4.69) is 19.2 Å². The summed E-state index contributed by atoms with van der Waals surface area (Å²) in [5.74, 6) is 0.733. The lowest BCUT2D eigenvalue weighted by Gasteiger charge is -2.15. The number of hydrogen-bond donors (Lipinski definition) is 3. The molecule has 1 aromatic carbocycles. The molecule has 0 bridgehead atoms. The fourth-order valence-electron chi connectivity index (χ4n) is 1.93. The maximum absolute atomic E-state index is 12.4. The smallest absolute Gasteiger partial charge is 0.255 e. The van der Waals surface area contributed by atoms with Crippen LogP contribution in [0.25, 0.3) is 0 Å². The van der Waals surface area contributed by atoms with Crippen LogP contribution in [0.2, 0.25) is 0 Å². The maximum atomic E-state index is 12.4. The fourth-order valence-corrected chi connectivity index (χ4v) is 1.93. The average Bonchev–Trinajstić information content (AvgIpc) is 2.60. The van der Waals surface area contributed by atoms with Crippen molar-refractivity contribution in [1.82, 2.24) is 5.32 Å². The Morgan fingerprint density at radius 2 is 1.83 bits per heavy atom. The number of nitrogens with one attached hydrogen (secondary N) is 1. The molecule has 0 aliphatic carbocycles. The number of benzene rings is 1. The molecule has 0 fully saturated rings. The van der Waals surface area contributed by atoms with Crippen molar-refractivity contribution in [2.45, 2.75) is 45.6 Å². The Balaban J connectivity index is 2.83. The molecule has 0 radical (unpaired) electrons. The van der Waals surface area contributed by atoms with E-state index in [-0.39, 0.29) is 12.5 Å². The zero-order valence-electron chi connectivity index (χ0n) is 14.6. The number of amides is 1. The number of hydrogen-bond acceptors (Lipinski definition) is 5. The SMILES string of the molecule is CCCCOc1ccc(OCCCC)c(C(=O)NCC(O)CO)c1. The summed E-state index contributed by atoms with van der Waals surface area (Å²) in [5.41, 5.74) is 0.366. The highest BCUT2D eigenvalue weighted by Gasteiger charge is 2.15. The molecule has 0 saturated carbocycles. The standard InChI is InChI=1S/C18H29NO5/c1-3-5-9-23-15-7-8-17(24-10-6-4-2)16(11-15)18(22)19-12-14(21)13-20/h7-8,11,14,20-21H,3-6,9-10,12-13H2,1-2H3,(H,19,22). The highest BCUT2D eigenvalue weighted by atomic mass is 16.5. The first-order valence-corrected chi connectivity index (χ1v) is 8.59. The molecule has 1 unspecified atom stereocenters. The van der Waals surface area contributed by atoms with Crippen LogP contribution in [0.1, 0.15) is 49.9 Å². The van der Waals surface area contributed by atoms with Crippen molar-refractivity contribution < 1.29 is 24.5 Å². The summed E-state index contributed by atoms with van der Waals surface area (Å²) in [4.78, 5) is 12.4. The van der Waals surface area contributed by atoms with E-state index in [1.807, 2.05) is 0 Å². The first kappa shape index (κ1) is 20.3. The van der Waals surface area contributed by atoms with Gasteiger partial charge in [-0.3, -0.25) is 4.79 Å². The van der Waals surface area contributed by atoms with Gasteiger partial charge < -0.3 is 25.0 Å². The van der Waals surface area contributed by atoms with Crippen molar-refractivity contribution in [3.8, 4) is 11.5 Å². The van der Waals surface area contributed by atoms with Crippen LogP contribution in [-0.4, -0.2) is 48.6 Å². The fraction of sp³-hybridized carbons (Fsp3) is 0.611. The molecule has 1 aromatic rings. The summed E-state index contributed by atoms with van der Waals surface area (Å²) in [6.07, 6.45) is 2.90. The second-order valence-electron chi connectivity index (χ2n) is 5.61. The summed E-state index contributed by atoms with van der Waals surface area (Å²) in [7, 11) is 0. The van der Waals surface area contributed by atoms with Crippen molar-refractivity contribution >= 4 is 5.91 Å². The zero-order valence-corrected chi connectivity index (χ0v) is 14.6. The van der Waals surface area contributed by atoms with E-state index in [9.17, 15) is 9.90 Å². The van der Waals surface area contributed by atoms with Gasteiger partial charge in [-0.1, -0.05) is 26.7 Å². The van der Waals surface area contributed by atoms with Crippen LogP contribution in [0.5, 0.6) is 11.5 Å². The third-order valence-corrected chi connectivity index (χ3v) is 3.43. The van der Waals surface area contributed by atoms with Gasteiger partial charge in [-0.2, -0.15) is 0 Å². The molecule has 136 valence electrons. The van der Waals surface area contributed by atoms with E-state index in [0.717, 1.165) is 25.7 Å². The molecule has 0 spiro atoms. The minimum atomic E-state index is -0.984. The van der Waals surface area contributed by atoms with Gasteiger partial charge in [0.25, 0.3) is 5.91 Å². The molecule has 0 aliphatic heterocycles. The second-order valence-corrected chi connectivity index (χ2v) is 5.61. The van der Waals surface area contributed by atoms with Crippen molar-refractivity contribution in [3.63, 3.8) is 0 Å². The molecule has 6 nitrogen and oxygen atoms in total. The quantitative estimate of drug-likeness (QED) is 0.508. The number of unbranched alkanes of at least 4 members (excludes halogenated alkanes) is 2. The minimum absolute atomic E-state index is 0.0232. The van der Waals surface area contributed by atoms with Crippen molar-refractivity contribution in [2.75, 3.05) is 26.4 Å². The molecule has 1 atom stereocenters. The zero-order chi connectivity index (χ0) is 17.8. The van der Waals surface area contributed by atoms with Gasteiger partial charge in [0.2, 0.25) is 0 Å². The Labute approximate surface area is 143 Å². The van der Waals surface area contributed by atoms with Crippen molar-refractivity contribution in [3.05, 3.63) is 23.8 Å². The molecule has 0 aromatic heterocycles. The Bertz CT molecular complexity index is 492. The van der Waals surface area contributed by atoms with E-state index in [4.69, 9.17) is 14.6 Å². The first-order valence-electron chi connectivity index (χ1n) is 8.59. The molecule has 0 heterocycles. The van der Waals surface area contributed by atoms with E-state index < -0.39 is 12.7 Å². The molecule has 3 N–H and O–H groups in total. The predicted molar refractivity (Wildman–Crippen MR) is 92.7 cm³/mol. The van der Waals surface area contributed by atoms with Gasteiger partial charge in [0.15, 0.2) is 0 Å². The van der Waals surface area contributed by atoms with Crippen LogP contribution in [0.3, 0.4) is 0 Å². The van der Waals surface area contributed by atoms with Crippen molar-refractivity contribution in [2.24, 2.45) is 0 Å². The number of rotatable bonds is 12. The third-order valence-electron chi connectivity index (χ3n) is 3.43. The number of carbonyl (C=O) groups excluding carboxylic acids is 1. The summed E-state index contributed by atoms with van der Waals surface area (Å²) in [5, 5.41) is 20.8. The highest BCUT2D eigenvalue weighted by Crippen LogP contribution is 2.25. The number of carbonyl (C=O) groups is 1. The first-order chi connectivity index (χ1) is 11.6. The van der Waals surface area contributed by atoms with E-state index >= 15 is 0 Å². The molecule has 1 amide bonds. The topological polar surface area (TPSA) is 88.0 Å². The highest BCUT2D eigenvalue weighted by molar-refractivity contribution is 5.97. The van der Waals surface area contributed by atoms with Gasteiger partial charge in [-0.25, -0.2) is 0 Å². The van der Waals surface area contributed by atoms with Gasteiger partial charge in [0.05, 0.1) is 31.5 Å². The Morgan fingerprint density at radius 1 is 1.17 bits per heavy atom. The molecule has 0 aliphatic rings. The summed E-state index contributed by atoms with van der Waals surface area (Å²) in [6, 6.07) is 5.17. The second kappa shape index (κ2) is 11.7. The van der Waals surface area contributed by atoms with E-state index in [1.165, 1.54) is 0 Å². The van der Waals surface area contributed by atoms with Crippen LogP contribution >= 0.6 is 0 Å². The number of ether oxygens (including phenoxy) is 2. The van der Waals surface area contributed by atoms with Gasteiger partial charge in [0.1, 0.15) is 11.5 Å². The predicted octanol–water partition coefficient (Wildman–Crippen LogP) is 2.13. The molecular formula is C18H29NO5. The van der Waals surface area contributed by atoms with Crippen LogP contribution in [0.4, 0.5) is 0 Å². The van der Waals surface area contributed by atoms with Crippen LogP contribution in [-0.2, 0) is 0 Å². The molecule has 24 heavy (non-hydrogen) atoms. The van der Waals surface area contributed by atoms with Gasteiger partial charge in [-0.15, -0.1) is 0 Å². The molecule has 0 saturated heterocycles. The average molecular weight is 339 g/mol. The largest absolute Gasteiger partial charge is 0.494 e.